The first-order chi connectivity index (χ1) is 20.6. The molecule has 4 rings (SSSR count). The van der Waals surface area contributed by atoms with Crippen LogP contribution in [-0.4, -0.2) is 94.3 Å². The zero-order valence-electron chi connectivity index (χ0n) is 23.2. The average Bonchev–Trinajstić information content (AvgIpc) is 3.41. The van der Waals surface area contributed by atoms with Crippen LogP contribution in [0.2, 0.25) is 0 Å². The number of methoxy groups -OCH3 is 1. The van der Waals surface area contributed by atoms with Gasteiger partial charge in [0.2, 0.25) is 17.6 Å². The Morgan fingerprint density at radius 1 is 1.07 bits per heavy atom. The number of hydrogen-bond acceptors (Lipinski definition) is 10. The first-order valence-electron chi connectivity index (χ1n) is 13.3. The number of alkyl halides is 2. The first kappa shape index (κ1) is 32.0. The molecular weight excluding hydrogens is 592 g/mol. The number of oxazole rings is 1. The van der Waals surface area contributed by atoms with E-state index < -0.39 is 63.9 Å². The quantitative estimate of drug-likeness (QED) is 0.265. The van der Waals surface area contributed by atoms with Gasteiger partial charge in [0, 0.05) is 32.2 Å². The average molecular weight is 624 g/mol. The molecule has 1 aliphatic heterocycles. The predicted octanol–water partition coefficient (Wildman–Crippen LogP) is 2.22. The molecule has 0 bridgehead atoms. The Labute approximate surface area is 246 Å². The van der Waals surface area contributed by atoms with Crippen LogP contribution in [0.5, 0.6) is 5.75 Å². The van der Waals surface area contributed by atoms with Crippen molar-refractivity contribution < 1.29 is 50.2 Å². The van der Waals surface area contributed by atoms with E-state index in [1.54, 1.807) is 24.3 Å². The summed E-state index contributed by atoms with van der Waals surface area (Å²) < 4.78 is 72.7. The molecule has 1 N–H and O–H groups in total. The molecule has 1 aromatic heterocycles. The molecule has 12 nitrogen and oxygen atoms in total. The Morgan fingerprint density at radius 3 is 2.47 bits per heavy atom. The fraction of sp³-hybridized carbons (Fsp3) is 0.429. The summed E-state index contributed by atoms with van der Waals surface area (Å²) in [5.41, 5.74) is 0.735. The number of sulfone groups is 1. The van der Waals surface area contributed by atoms with E-state index in [0.717, 1.165) is 0 Å². The highest BCUT2D eigenvalue weighted by molar-refractivity contribution is 7.90. The molecule has 0 radical (unpaired) electrons. The van der Waals surface area contributed by atoms with Crippen LogP contribution >= 0.6 is 0 Å². The van der Waals surface area contributed by atoms with Crippen molar-refractivity contribution in [3.63, 3.8) is 0 Å². The second kappa shape index (κ2) is 14.5. The number of ether oxygens (including phenoxy) is 3. The van der Waals surface area contributed by atoms with E-state index in [0.29, 0.717) is 11.1 Å². The van der Waals surface area contributed by atoms with E-state index in [1.165, 1.54) is 36.3 Å². The van der Waals surface area contributed by atoms with Crippen molar-refractivity contribution in [1.29, 1.82) is 0 Å². The molecule has 0 spiro atoms. The maximum atomic E-state index is 13.5. The van der Waals surface area contributed by atoms with Gasteiger partial charge in [-0.25, -0.2) is 13.4 Å². The number of ketones is 1. The largest absolute Gasteiger partial charge is 0.435 e. The number of rotatable bonds is 14. The molecular formula is C28H31F2N3O9S. The highest BCUT2D eigenvalue weighted by atomic mass is 32.2. The predicted molar refractivity (Wildman–Crippen MR) is 148 cm³/mol. The number of hydrogen-bond donors (Lipinski definition) is 1. The normalized spacial score (nSPS) is 15.3. The second-order valence-corrected chi connectivity index (χ2v) is 11.9. The van der Waals surface area contributed by atoms with Crippen molar-refractivity contribution >= 4 is 38.5 Å². The lowest BCUT2D eigenvalue weighted by Gasteiger charge is -2.28. The molecule has 0 saturated carbocycles. The molecule has 2 heterocycles. The van der Waals surface area contributed by atoms with Gasteiger partial charge in [-0.3, -0.25) is 14.4 Å². The molecule has 1 fully saturated rings. The van der Waals surface area contributed by atoms with E-state index >= 15 is 0 Å². The van der Waals surface area contributed by atoms with E-state index in [9.17, 15) is 31.6 Å². The summed E-state index contributed by atoms with van der Waals surface area (Å²) in [5.74, 6) is -5.67. The van der Waals surface area contributed by atoms with Crippen LogP contribution in [0.4, 0.5) is 8.78 Å². The minimum absolute atomic E-state index is 0.0372. The van der Waals surface area contributed by atoms with Crippen molar-refractivity contribution in [3.8, 4) is 5.75 Å². The number of Topliss-reactive ketones (excluding diaryl/α,β-unsaturated/α-hetero) is 1. The van der Waals surface area contributed by atoms with Crippen molar-refractivity contribution in [2.24, 2.45) is 5.92 Å². The number of nitrogens with zero attached hydrogens (tertiary/aromatic N) is 2. The Balaban J connectivity index is 1.56. The molecule has 3 aromatic rings. The molecule has 1 aliphatic rings. The number of carbonyl (C=O) groups is 3. The number of benzene rings is 2. The van der Waals surface area contributed by atoms with Gasteiger partial charge in [-0.15, -0.1) is 0 Å². The molecule has 0 aliphatic carbocycles. The van der Waals surface area contributed by atoms with E-state index in [4.69, 9.17) is 13.9 Å². The minimum atomic E-state index is -4.18. The summed E-state index contributed by atoms with van der Waals surface area (Å²) in [7, 11) is -2.87. The van der Waals surface area contributed by atoms with Gasteiger partial charge in [0.15, 0.2) is 15.4 Å². The third-order valence-corrected chi connectivity index (χ3v) is 8.31. The van der Waals surface area contributed by atoms with Gasteiger partial charge in [0.25, 0.3) is 5.89 Å². The van der Waals surface area contributed by atoms with E-state index in [-0.39, 0.29) is 50.1 Å². The third-order valence-electron chi connectivity index (χ3n) is 6.65. The number of fused-ring (bicyclic) bond motifs is 1. The fourth-order valence-electron chi connectivity index (χ4n) is 4.58. The van der Waals surface area contributed by atoms with Crippen LogP contribution in [0, 0.1) is 5.92 Å². The van der Waals surface area contributed by atoms with Crippen LogP contribution in [0.15, 0.2) is 52.9 Å². The van der Waals surface area contributed by atoms with Gasteiger partial charge in [0.1, 0.15) is 17.3 Å². The van der Waals surface area contributed by atoms with Crippen molar-refractivity contribution in [2.75, 3.05) is 45.8 Å². The summed E-state index contributed by atoms with van der Waals surface area (Å²) in [6, 6.07) is 10.7. The summed E-state index contributed by atoms with van der Waals surface area (Å²) >= 11 is 0. The van der Waals surface area contributed by atoms with Crippen LogP contribution in [-0.2, 0) is 34.7 Å². The lowest BCUT2D eigenvalue weighted by Crippen LogP contribution is -2.49. The highest BCUT2D eigenvalue weighted by Crippen LogP contribution is 2.24. The number of morpholine rings is 1. The zero-order valence-corrected chi connectivity index (χ0v) is 24.1. The zero-order chi connectivity index (χ0) is 31.0. The van der Waals surface area contributed by atoms with Crippen LogP contribution in [0.1, 0.15) is 22.7 Å². The minimum Gasteiger partial charge on any atom is -0.435 e. The number of amides is 2. The SMILES string of the molecule is COC[C@H](NC(=O)C(CC(=O)N1CCOCC1)CS(=O)(=O)Cc1ccccc1OC(F)F)C(=O)c1nc2ccccc2o1. The van der Waals surface area contributed by atoms with Crippen LogP contribution < -0.4 is 10.1 Å². The van der Waals surface area contributed by atoms with Gasteiger partial charge < -0.3 is 28.8 Å². The van der Waals surface area contributed by atoms with Gasteiger partial charge in [0.05, 0.1) is 37.2 Å². The van der Waals surface area contributed by atoms with Gasteiger partial charge in [-0.1, -0.05) is 30.3 Å². The molecule has 2 amide bonds. The molecule has 2 atom stereocenters. The molecule has 1 saturated heterocycles. The number of halogens is 2. The maximum Gasteiger partial charge on any atom is 0.387 e. The molecule has 15 heteroatoms. The van der Waals surface area contributed by atoms with E-state index in [2.05, 4.69) is 15.0 Å². The van der Waals surface area contributed by atoms with Gasteiger partial charge in [-0.2, -0.15) is 8.78 Å². The van der Waals surface area contributed by atoms with Crippen LogP contribution in [0.3, 0.4) is 0 Å². The smallest absolute Gasteiger partial charge is 0.387 e. The van der Waals surface area contributed by atoms with E-state index in [1.807, 2.05) is 0 Å². The molecule has 43 heavy (non-hydrogen) atoms. The Bertz CT molecular complexity index is 1510. The third kappa shape index (κ3) is 8.78. The monoisotopic (exact) mass is 623 g/mol. The Hall–Kier alpha value is -3.95. The molecule has 232 valence electrons. The number of carbonyl (C=O) groups excluding carboxylic acids is 3. The second-order valence-electron chi connectivity index (χ2n) is 9.80. The maximum absolute atomic E-state index is 13.5. The van der Waals surface area contributed by atoms with Crippen molar-refractivity contribution in [3.05, 3.63) is 60.0 Å². The van der Waals surface area contributed by atoms with Gasteiger partial charge >= 0.3 is 6.61 Å². The number of aromatic nitrogens is 1. The van der Waals surface area contributed by atoms with Crippen LogP contribution in [0.25, 0.3) is 11.1 Å². The van der Waals surface area contributed by atoms with Crippen molar-refractivity contribution in [1.82, 2.24) is 15.2 Å². The molecule has 1 unspecified atom stereocenters. The topological polar surface area (TPSA) is 154 Å². The van der Waals surface area contributed by atoms with Crippen molar-refractivity contribution in [2.45, 2.75) is 24.8 Å². The lowest BCUT2D eigenvalue weighted by molar-refractivity contribution is -0.139. The summed E-state index contributed by atoms with van der Waals surface area (Å²) in [6.45, 7) is -2.36. The first-order valence-corrected chi connectivity index (χ1v) is 15.2. The number of nitrogens with one attached hydrogen (secondary N) is 1. The standard InChI is InChI=1S/C28H31F2N3O9S/c1-39-15-21(25(35)27-32-20-7-3-5-9-23(20)41-27)31-26(36)19(14-24(34)33-10-12-40-13-11-33)17-43(37,38)16-18-6-2-4-8-22(18)42-28(29)30/h2-9,19,21,28H,10-17H2,1H3,(H,31,36)/t19?,21-/m0/s1. The Morgan fingerprint density at radius 2 is 1.77 bits per heavy atom. The Kier molecular flexibility index (Phi) is 10.8. The van der Waals surface area contributed by atoms with Gasteiger partial charge in [-0.05, 0) is 18.2 Å². The summed E-state index contributed by atoms with van der Waals surface area (Å²) in [4.78, 5) is 45.5. The fourth-order valence-corrected chi connectivity index (χ4v) is 6.29. The highest BCUT2D eigenvalue weighted by Gasteiger charge is 2.34. The summed E-state index contributed by atoms with van der Waals surface area (Å²) in [5, 5.41) is 2.50. The lowest BCUT2D eigenvalue weighted by atomic mass is 10.0. The molecule has 2 aromatic carbocycles. The number of para-hydroxylation sites is 3. The summed E-state index contributed by atoms with van der Waals surface area (Å²) in [6.07, 6.45) is -0.489.